The molecule has 4 heterocycles. The average Bonchev–Trinajstić information content (AvgIpc) is 4.09. The van der Waals surface area contributed by atoms with E-state index in [9.17, 15) is 0 Å². The van der Waals surface area contributed by atoms with Crippen molar-refractivity contribution in [3.8, 4) is 39.6 Å². The second-order valence-electron chi connectivity index (χ2n) is 16.9. The minimum atomic E-state index is -0.557. The van der Waals surface area contributed by atoms with Crippen LogP contribution in [0, 0.1) is 0 Å². The molecule has 6 heteroatoms. The van der Waals surface area contributed by atoms with Gasteiger partial charge in [-0.3, -0.25) is 4.57 Å². The predicted molar refractivity (Wildman–Crippen MR) is 264 cm³/mol. The molecule has 0 bridgehead atoms. The molecule has 0 fully saturated rings. The van der Waals surface area contributed by atoms with Crippen LogP contribution >= 0.6 is 0 Å². The first-order valence-electron chi connectivity index (χ1n) is 26.1. The Morgan fingerprint density at radius 2 is 1.27 bits per heavy atom. The average molecular weight is 839 g/mol. The van der Waals surface area contributed by atoms with E-state index in [4.69, 9.17) is 27.8 Å². The number of furan rings is 1. The van der Waals surface area contributed by atoms with Crippen LogP contribution in [0.3, 0.4) is 0 Å². The van der Waals surface area contributed by atoms with E-state index in [-0.39, 0.29) is 40.0 Å². The number of rotatable bonds is 7. The molecule has 1 aliphatic rings. The van der Waals surface area contributed by atoms with E-state index in [1.54, 1.807) is 18.2 Å². The Bertz CT molecular complexity index is 4040. The fraction of sp³-hybridized carbons (Fsp3) is 0.0862. The molecule has 12 rings (SSSR count). The van der Waals surface area contributed by atoms with Crippen LogP contribution in [0.15, 0.2) is 204 Å². The lowest BCUT2D eigenvalue weighted by Crippen LogP contribution is -2.24. The standard InChI is InChI=1S/C58H44N4O2/c1-58(2,3)40-32-33-59-53(34-40)62-47-28-12-10-24-45(47)54-50(62)36-52(57-55(54)46-25-11-15-31-51(46)64-57)63-42-23-16-22-41(35-42)60-37-61(49-30-14-13-29-48(49)60)56-43(38-18-6-4-7-19-38)26-17-27-44(56)39-20-8-5-9-21-39/h4-36H,37H2,1-3H3/i4D,5D,6D,7D,8D,9D,18D,19D,20D,21D. The lowest BCUT2D eigenvalue weighted by atomic mass is 9.88. The molecule has 0 radical (unpaired) electrons. The maximum absolute atomic E-state index is 9.09. The molecule has 0 aliphatic carbocycles. The number of hydrogen-bond acceptors (Lipinski definition) is 5. The summed E-state index contributed by atoms with van der Waals surface area (Å²) in [6, 6.07) is 37.5. The topological polar surface area (TPSA) is 46.7 Å². The SMILES string of the molecule is [2H]c1c([2H])c([2H])c(-c2cccc(-c3c([2H])c([2H])c([2H])c([2H])c3[2H])c2N2CN(c3cccc(Oc4cc5c(c6ccccc6n5-c5cc(C(C)(C)C)ccn5)c5c4oc4ccccc45)c3)c3ccccc32)c([2H])c1[2H]. The smallest absolute Gasteiger partial charge is 0.178 e. The minimum absolute atomic E-state index is 0.0879. The van der Waals surface area contributed by atoms with Crippen LogP contribution in [0.25, 0.3) is 71.8 Å². The molecule has 0 saturated carbocycles. The van der Waals surface area contributed by atoms with Gasteiger partial charge in [-0.15, -0.1) is 0 Å². The Kier molecular flexibility index (Phi) is 6.58. The summed E-state index contributed by atoms with van der Waals surface area (Å²) in [6.45, 7) is 6.64. The van der Waals surface area contributed by atoms with E-state index in [1.807, 2.05) is 101 Å². The second-order valence-corrected chi connectivity index (χ2v) is 16.9. The van der Waals surface area contributed by atoms with Crippen molar-refractivity contribution in [2.75, 3.05) is 16.5 Å². The molecule has 0 spiro atoms. The van der Waals surface area contributed by atoms with Crippen LogP contribution in [0.5, 0.6) is 11.5 Å². The summed E-state index contributed by atoms with van der Waals surface area (Å²) < 4.78 is 104. The number of anilines is 4. The van der Waals surface area contributed by atoms with Crippen LogP contribution in [0.4, 0.5) is 22.7 Å². The zero-order valence-electron chi connectivity index (χ0n) is 45.1. The number of fused-ring (bicyclic) bond motifs is 8. The van der Waals surface area contributed by atoms with Crippen LogP contribution < -0.4 is 14.5 Å². The maximum Gasteiger partial charge on any atom is 0.178 e. The van der Waals surface area contributed by atoms with Gasteiger partial charge in [0.15, 0.2) is 11.3 Å². The molecule has 6 nitrogen and oxygen atoms in total. The quantitative estimate of drug-likeness (QED) is 0.160. The highest BCUT2D eigenvalue weighted by atomic mass is 16.5. The van der Waals surface area contributed by atoms with E-state index >= 15 is 0 Å². The van der Waals surface area contributed by atoms with Gasteiger partial charge in [0.2, 0.25) is 0 Å². The van der Waals surface area contributed by atoms with Gasteiger partial charge in [-0.25, -0.2) is 4.98 Å². The van der Waals surface area contributed by atoms with Crippen molar-refractivity contribution >= 4 is 66.5 Å². The van der Waals surface area contributed by atoms with Gasteiger partial charge in [-0.05, 0) is 70.6 Å². The molecular formula is C58H44N4O2. The van der Waals surface area contributed by atoms with Gasteiger partial charge >= 0.3 is 0 Å². The van der Waals surface area contributed by atoms with E-state index in [0.29, 0.717) is 34.0 Å². The molecular weight excluding hydrogens is 785 g/mol. The van der Waals surface area contributed by atoms with Gasteiger partial charge in [0.1, 0.15) is 23.8 Å². The highest BCUT2D eigenvalue weighted by Crippen LogP contribution is 2.51. The molecule has 3 aromatic heterocycles. The normalized spacial score (nSPS) is 15.0. The molecule has 0 saturated heterocycles. The number of nitrogens with zero attached hydrogens (tertiary/aromatic N) is 4. The number of ether oxygens (including phenoxy) is 1. The van der Waals surface area contributed by atoms with Gasteiger partial charge in [0.25, 0.3) is 0 Å². The summed E-state index contributed by atoms with van der Waals surface area (Å²) in [6.07, 6.45) is 1.85. The van der Waals surface area contributed by atoms with E-state index in [1.165, 1.54) is 0 Å². The van der Waals surface area contributed by atoms with Crippen molar-refractivity contribution in [2.24, 2.45) is 0 Å². The minimum Gasteiger partial charge on any atom is -0.453 e. The summed E-state index contributed by atoms with van der Waals surface area (Å²) >= 11 is 0. The summed E-state index contributed by atoms with van der Waals surface area (Å²) in [5.74, 6) is 1.74. The molecule has 0 amide bonds. The first kappa shape index (κ1) is 28.5. The Labute approximate surface area is 385 Å². The first-order chi connectivity index (χ1) is 35.5. The van der Waals surface area contributed by atoms with Gasteiger partial charge in [0.05, 0.1) is 41.8 Å². The third kappa shape index (κ3) is 6.13. The van der Waals surface area contributed by atoms with Crippen molar-refractivity contribution < 1.29 is 22.9 Å². The van der Waals surface area contributed by atoms with E-state index < -0.39 is 60.4 Å². The van der Waals surface area contributed by atoms with Crippen molar-refractivity contribution in [3.05, 3.63) is 206 Å². The van der Waals surface area contributed by atoms with Crippen LogP contribution in [0.2, 0.25) is 0 Å². The van der Waals surface area contributed by atoms with Crippen LogP contribution in [-0.4, -0.2) is 16.2 Å². The lowest BCUT2D eigenvalue weighted by Gasteiger charge is -2.27. The summed E-state index contributed by atoms with van der Waals surface area (Å²) in [4.78, 5) is 8.86. The summed E-state index contributed by atoms with van der Waals surface area (Å²) in [5.41, 5.74) is 6.76. The third-order valence-corrected chi connectivity index (χ3v) is 12.0. The Hall–Kier alpha value is -8.09. The fourth-order valence-electron chi connectivity index (χ4n) is 9.12. The van der Waals surface area contributed by atoms with Gasteiger partial charge in [-0.2, -0.15) is 0 Å². The lowest BCUT2D eigenvalue weighted by molar-refractivity contribution is 0.477. The van der Waals surface area contributed by atoms with Crippen molar-refractivity contribution in [1.82, 2.24) is 9.55 Å². The van der Waals surface area contributed by atoms with E-state index in [0.717, 1.165) is 49.6 Å². The van der Waals surface area contributed by atoms with E-state index in [2.05, 4.69) is 55.7 Å². The molecule has 308 valence electrons. The third-order valence-electron chi connectivity index (χ3n) is 12.0. The summed E-state index contributed by atoms with van der Waals surface area (Å²) in [7, 11) is 0. The number of aromatic nitrogens is 2. The highest BCUT2D eigenvalue weighted by Gasteiger charge is 2.32. The zero-order chi connectivity index (χ0) is 51.6. The van der Waals surface area contributed by atoms with Crippen molar-refractivity contribution in [3.63, 3.8) is 0 Å². The molecule has 11 aromatic rings. The predicted octanol–water partition coefficient (Wildman–Crippen LogP) is 15.7. The van der Waals surface area contributed by atoms with Gasteiger partial charge in [-0.1, -0.05) is 154 Å². The highest BCUT2D eigenvalue weighted by molar-refractivity contribution is 6.28. The fourth-order valence-corrected chi connectivity index (χ4v) is 9.12. The largest absolute Gasteiger partial charge is 0.453 e. The second kappa shape index (κ2) is 14.8. The first-order valence-corrected chi connectivity index (χ1v) is 21.1. The van der Waals surface area contributed by atoms with Gasteiger partial charge in [0, 0.05) is 56.7 Å². The molecule has 0 N–H and O–H groups in total. The zero-order valence-corrected chi connectivity index (χ0v) is 35.1. The van der Waals surface area contributed by atoms with Crippen LogP contribution in [0.1, 0.15) is 40.0 Å². The molecule has 0 atom stereocenters. The number of benzene rings is 8. The Balaban J connectivity index is 1.03. The molecule has 0 unspecified atom stereocenters. The van der Waals surface area contributed by atoms with Crippen LogP contribution in [-0.2, 0) is 5.41 Å². The van der Waals surface area contributed by atoms with Gasteiger partial charge < -0.3 is 19.0 Å². The number of pyridine rings is 1. The molecule has 64 heavy (non-hydrogen) atoms. The van der Waals surface area contributed by atoms with Crippen molar-refractivity contribution in [1.29, 1.82) is 0 Å². The number of hydrogen-bond donors (Lipinski definition) is 0. The molecule has 1 aliphatic heterocycles. The Morgan fingerprint density at radius 3 is 2.00 bits per heavy atom. The summed E-state index contributed by atoms with van der Waals surface area (Å²) in [5, 5.41) is 3.88. The maximum atomic E-state index is 9.09. The monoisotopic (exact) mass is 838 g/mol. The number of para-hydroxylation sites is 5. The van der Waals surface area contributed by atoms with Crippen molar-refractivity contribution in [2.45, 2.75) is 26.2 Å². The molecule has 8 aromatic carbocycles. The Morgan fingerprint density at radius 1 is 0.609 bits per heavy atom.